The van der Waals surface area contributed by atoms with E-state index in [0.717, 1.165) is 6.42 Å². The van der Waals surface area contributed by atoms with E-state index in [4.69, 9.17) is 5.73 Å². The van der Waals surface area contributed by atoms with Crippen LogP contribution in [0.3, 0.4) is 0 Å². The standard InChI is InChI=1S/C14H21FN2O/c1-4-10(3)9-17(5-2)14(18)12-8-11(16)6-7-13(12)15/h6-8,10H,4-5,9,16H2,1-3H3. The van der Waals surface area contributed by atoms with Crippen LogP contribution < -0.4 is 5.73 Å². The van der Waals surface area contributed by atoms with Crippen molar-refractivity contribution in [2.75, 3.05) is 18.8 Å². The Morgan fingerprint density at radius 3 is 2.67 bits per heavy atom. The van der Waals surface area contributed by atoms with Gasteiger partial charge in [0.2, 0.25) is 0 Å². The van der Waals surface area contributed by atoms with Crippen molar-refractivity contribution in [2.24, 2.45) is 5.92 Å². The molecule has 0 aliphatic carbocycles. The van der Waals surface area contributed by atoms with Gasteiger partial charge in [0.25, 0.3) is 5.91 Å². The summed E-state index contributed by atoms with van der Waals surface area (Å²) >= 11 is 0. The lowest BCUT2D eigenvalue weighted by atomic mass is 10.1. The van der Waals surface area contributed by atoms with Crippen molar-refractivity contribution in [1.82, 2.24) is 4.90 Å². The first-order chi connectivity index (χ1) is 8.49. The predicted octanol–water partition coefficient (Wildman–Crippen LogP) is 2.92. The van der Waals surface area contributed by atoms with Crippen molar-refractivity contribution in [1.29, 1.82) is 0 Å². The molecule has 0 fully saturated rings. The highest BCUT2D eigenvalue weighted by Gasteiger charge is 2.19. The molecular weight excluding hydrogens is 231 g/mol. The molecule has 0 radical (unpaired) electrons. The van der Waals surface area contributed by atoms with Gasteiger partial charge in [-0.15, -0.1) is 0 Å². The van der Waals surface area contributed by atoms with E-state index >= 15 is 0 Å². The van der Waals surface area contributed by atoms with Crippen LogP contribution in [-0.4, -0.2) is 23.9 Å². The minimum atomic E-state index is -0.517. The molecule has 100 valence electrons. The van der Waals surface area contributed by atoms with Crippen LogP contribution in [0.2, 0.25) is 0 Å². The van der Waals surface area contributed by atoms with Crippen LogP contribution in [0.4, 0.5) is 10.1 Å². The molecule has 1 amide bonds. The van der Waals surface area contributed by atoms with E-state index in [1.165, 1.54) is 18.2 Å². The number of nitrogen functional groups attached to an aromatic ring is 1. The fourth-order valence-corrected chi connectivity index (χ4v) is 1.74. The van der Waals surface area contributed by atoms with Gasteiger partial charge in [-0.25, -0.2) is 4.39 Å². The maximum Gasteiger partial charge on any atom is 0.256 e. The lowest BCUT2D eigenvalue weighted by Crippen LogP contribution is -2.35. The van der Waals surface area contributed by atoms with Crippen molar-refractivity contribution < 1.29 is 9.18 Å². The smallest absolute Gasteiger partial charge is 0.256 e. The Morgan fingerprint density at radius 2 is 2.11 bits per heavy atom. The third kappa shape index (κ3) is 3.45. The first-order valence-corrected chi connectivity index (χ1v) is 6.33. The Balaban J connectivity index is 2.92. The molecule has 18 heavy (non-hydrogen) atoms. The summed E-state index contributed by atoms with van der Waals surface area (Å²) in [6, 6.07) is 4.09. The Kier molecular flexibility index (Phi) is 5.13. The molecule has 0 bridgehead atoms. The first-order valence-electron chi connectivity index (χ1n) is 6.33. The van der Waals surface area contributed by atoms with E-state index in [1.54, 1.807) is 4.90 Å². The maximum atomic E-state index is 13.6. The second kappa shape index (κ2) is 6.38. The van der Waals surface area contributed by atoms with Gasteiger partial charge in [0.1, 0.15) is 5.82 Å². The van der Waals surface area contributed by atoms with E-state index in [1.807, 2.05) is 6.92 Å². The second-order valence-electron chi connectivity index (χ2n) is 4.60. The lowest BCUT2D eigenvalue weighted by Gasteiger charge is -2.24. The van der Waals surface area contributed by atoms with Crippen molar-refractivity contribution in [2.45, 2.75) is 27.2 Å². The minimum Gasteiger partial charge on any atom is -0.399 e. The molecule has 1 atom stereocenters. The van der Waals surface area contributed by atoms with E-state index < -0.39 is 5.82 Å². The van der Waals surface area contributed by atoms with Crippen LogP contribution in [0.15, 0.2) is 18.2 Å². The zero-order chi connectivity index (χ0) is 13.7. The molecule has 4 heteroatoms. The number of carbonyl (C=O) groups excluding carboxylic acids is 1. The van der Waals surface area contributed by atoms with E-state index in [9.17, 15) is 9.18 Å². The number of hydrogen-bond donors (Lipinski definition) is 1. The number of amides is 1. The fourth-order valence-electron chi connectivity index (χ4n) is 1.74. The summed E-state index contributed by atoms with van der Waals surface area (Å²) in [6.07, 6.45) is 0.989. The summed E-state index contributed by atoms with van der Waals surface area (Å²) in [5.74, 6) is -0.405. The summed E-state index contributed by atoms with van der Waals surface area (Å²) < 4.78 is 13.6. The minimum absolute atomic E-state index is 0.0557. The Hall–Kier alpha value is -1.58. The van der Waals surface area contributed by atoms with Crippen LogP contribution in [0, 0.1) is 11.7 Å². The van der Waals surface area contributed by atoms with Crippen molar-refractivity contribution >= 4 is 11.6 Å². The molecule has 1 unspecified atom stereocenters. The fraction of sp³-hybridized carbons (Fsp3) is 0.500. The van der Waals surface area contributed by atoms with Crippen molar-refractivity contribution in [3.8, 4) is 0 Å². The van der Waals surface area contributed by atoms with Gasteiger partial charge in [0.05, 0.1) is 5.56 Å². The average Bonchev–Trinajstić information content (AvgIpc) is 2.37. The highest BCUT2D eigenvalue weighted by molar-refractivity contribution is 5.95. The van der Waals surface area contributed by atoms with Gasteiger partial charge in [-0.1, -0.05) is 20.3 Å². The molecule has 0 aliphatic heterocycles. The van der Waals surface area contributed by atoms with Crippen LogP contribution >= 0.6 is 0 Å². The summed E-state index contributed by atoms with van der Waals surface area (Å²) in [5, 5.41) is 0. The van der Waals surface area contributed by atoms with E-state index in [-0.39, 0.29) is 11.5 Å². The van der Waals surface area contributed by atoms with Gasteiger partial charge in [-0.05, 0) is 31.0 Å². The van der Waals surface area contributed by atoms with Crippen LogP contribution in [0.25, 0.3) is 0 Å². The van der Waals surface area contributed by atoms with E-state index in [0.29, 0.717) is 24.7 Å². The summed E-state index contributed by atoms with van der Waals surface area (Å²) in [5.41, 5.74) is 6.05. The van der Waals surface area contributed by atoms with E-state index in [2.05, 4.69) is 13.8 Å². The first kappa shape index (κ1) is 14.5. The number of halogens is 1. The molecule has 2 N–H and O–H groups in total. The number of hydrogen-bond acceptors (Lipinski definition) is 2. The monoisotopic (exact) mass is 252 g/mol. The summed E-state index contributed by atoms with van der Waals surface area (Å²) in [6.45, 7) is 7.25. The van der Waals surface area contributed by atoms with Crippen LogP contribution in [-0.2, 0) is 0 Å². The third-order valence-corrected chi connectivity index (χ3v) is 3.12. The Labute approximate surface area is 108 Å². The quantitative estimate of drug-likeness (QED) is 0.819. The molecule has 3 nitrogen and oxygen atoms in total. The van der Waals surface area contributed by atoms with Crippen LogP contribution in [0.5, 0.6) is 0 Å². The molecule has 0 aliphatic rings. The molecule has 0 heterocycles. The number of nitrogens with two attached hydrogens (primary N) is 1. The normalized spacial score (nSPS) is 12.2. The summed E-state index contributed by atoms with van der Waals surface area (Å²) in [4.78, 5) is 13.9. The van der Waals surface area contributed by atoms with Gasteiger partial charge >= 0.3 is 0 Å². The molecule has 0 saturated carbocycles. The Bertz CT molecular complexity index is 420. The van der Waals surface area contributed by atoms with Gasteiger partial charge < -0.3 is 10.6 Å². The van der Waals surface area contributed by atoms with Crippen LogP contribution in [0.1, 0.15) is 37.6 Å². The topological polar surface area (TPSA) is 46.3 Å². The maximum absolute atomic E-state index is 13.6. The third-order valence-electron chi connectivity index (χ3n) is 3.12. The molecule has 1 aromatic carbocycles. The number of rotatable bonds is 5. The number of benzene rings is 1. The van der Waals surface area contributed by atoms with Crippen molar-refractivity contribution in [3.63, 3.8) is 0 Å². The molecule has 0 spiro atoms. The van der Waals surface area contributed by atoms with Gasteiger partial charge in [-0.2, -0.15) is 0 Å². The zero-order valence-electron chi connectivity index (χ0n) is 11.2. The van der Waals surface area contributed by atoms with Crippen molar-refractivity contribution in [3.05, 3.63) is 29.6 Å². The van der Waals surface area contributed by atoms with Gasteiger partial charge in [0.15, 0.2) is 0 Å². The Morgan fingerprint density at radius 1 is 1.44 bits per heavy atom. The number of anilines is 1. The molecule has 0 saturated heterocycles. The largest absolute Gasteiger partial charge is 0.399 e. The van der Waals surface area contributed by atoms with Gasteiger partial charge in [-0.3, -0.25) is 4.79 Å². The zero-order valence-corrected chi connectivity index (χ0v) is 11.2. The highest BCUT2D eigenvalue weighted by Crippen LogP contribution is 2.16. The highest BCUT2D eigenvalue weighted by atomic mass is 19.1. The molecule has 1 aromatic rings. The summed E-state index contributed by atoms with van der Waals surface area (Å²) in [7, 11) is 0. The molecule has 0 aromatic heterocycles. The second-order valence-corrected chi connectivity index (χ2v) is 4.60. The predicted molar refractivity (Wildman–Crippen MR) is 71.8 cm³/mol. The average molecular weight is 252 g/mol. The lowest BCUT2D eigenvalue weighted by molar-refractivity contribution is 0.0736. The molecular formula is C14H21FN2O. The SMILES string of the molecule is CCC(C)CN(CC)C(=O)c1cc(N)ccc1F. The van der Waals surface area contributed by atoms with Gasteiger partial charge in [0, 0.05) is 18.8 Å². The number of nitrogens with zero attached hydrogens (tertiary/aromatic N) is 1. The molecule has 1 rings (SSSR count). The number of carbonyl (C=O) groups is 1.